The molecule has 1 aliphatic rings. The Hall–Kier alpha value is -0.990. The fourth-order valence-electron chi connectivity index (χ4n) is 1.87. The number of piperidine rings is 1. The summed E-state index contributed by atoms with van der Waals surface area (Å²) in [5.74, 6) is 0.432. The molecule has 0 radical (unpaired) electrons. The first-order valence-corrected chi connectivity index (χ1v) is 5.93. The standard InChI is InChI=1S/C13H23NO2/c1-10(2)11-7-6-8-14(9-11)12(15)16-13(3,4)5/h11H,1,6-9H2,2-5H3. The van der Waals surface area contributed by atoms with Crippen LogP contribution in [0.5, 0.6) is 0 Å². The zero-order chi connectivity index (χ0) is 12.3. The van der Waals surface area contributed by atoms with Gasteiger partial charge in [-0.15, -0.1) is 0 Å². The molecular weight excluding hydrogens is 202 g/mol. The summed E-state index contributed by atoms with van der Waals surface area (Å²) in [6, 6.07) is 0. The third kappa shape index (κ3) is 3.87. The number of hydrogen-bond donors (Lipinski definition) is 0. The highest BCUT2D eigenvalue weighted by molar-refractivity contribution is 5.68. The summed E-state index contributed by atoms with van der Waals surface area (Å²) in [5, 5.41) is 0. The van der Waals surface area contributed by atoms with E-state index in [0.717, 1.165) is 31.5 Å². The van der Waals surface area contributed by atoms with Gasteiger partial charge in [0, 0.05) is 13.1 Å². The van der Waals surface area contributed by atoms with Crippen molar-refractivity contribution in [2.45, 2.75) is 46.1 Å². The van der Waals surface area contributed by atoms with Gasteiger partial charge in [-0.2, -0.15) is 0 Å². The Bertz CT molecular complexity index is 278. The first-order chi connectivity index (χ1) is 7.29. The molecule has 1 rings (SSSR count). The summed E-state index contributed by atoms with van der Waals surface area (Å²) in [5.41, 5.74) is 0.751. The monoisotopic (exact) mass is 225 g/mol. The normalized spacial score (nSPS) is 21.8. The highest BCUT2D eigenvalue weighted by atomic mass is 16.6. The van der Waals surface area contributed by atoms with Crippen LogP contribution in [0.25, 0.3) is 0 Å². The average molecular weight is 225 g/mol. The lowest BCUT2D eigenvalue weighted by Crippen LogP contribution is -2.43. The Morgan fingerprint density at radius 3 is 2.56 bits per heavy atom. The summed E-state index contributed by atoms with van der Waals surface area (Å²) in [6.45, 7) is 13.2. The predicted molar refractivity (Wildman–Crippen MR) is 65.3 cm³/mol. The molecule has 3 heteroatoms. The maximum absolute atomic E-state index is 11.9. The van der Waals surface area contributed by atoms with E-state index in [9.17, 15) is 4.79 Å². The van der Waals surface area contributed by atoms with Crippen molar-refractivity contribution in [3.8, 4) is 0 Å². The fourth-order valence-corrected chi connectivity index (χ4v) is 1.87. The molecule has 0 saturated carbocycles. The minimum Gasteiger partial charge on any atom is -0.444 e. The van der Waals surface area contributed by atoms with Gasteiger partial charge in [-0.1, -0.05) is 12.2 Å². The number of ether oxygens (including phenoxy) is 1. The van der Waals surface area contributed by atoms with Crippen LogP contribution in [0.15, 0.2) is 12.2 Å². The van der Waals surface area contributed by atoms with E-state index < -0.39 is 5.60 Å². The maximum atomic E-state index is 11.9. The Kier molecular flexibility index (Phi) is 4.00. The molecule has 0 aromatic carbocycles. The van der Waals surface area contributed by atoms with E-state index in [1.165, 1.54) is 0 Å². The number of carbonyl (C=O) groups excluding carboxylic acids is 1. The van der Waals surface area contributed by atoms with Crippen molar-refractivity contribution in [2.75, 3.05) is 13.1 Å². The number of amides is 1. The van der Waals surface area contributed by atoms with Crippen LogP contribution in [0.2, 0.25) is 0 Å². The van der Waals surface area contributed by atoms with Gasteiger partial charge < -0.3 is 9.64 Å². The average Bonchev–Trinajstić information content (AvgIpc) is 2.15. The Morgan fingerprint density at radius 1 is 1.44 bits per heavy atom. The lowest BCUT2D eigenvalue weighted by molar-refractivity contribution is 0.0183. The molecule has 92 valence electrons. The number of nitrogens with zero attached hydrogens (tertiary/aromatic N) is 1. The highest BCUT2D eigenvalue weighted by Crippen LogP contribution is 2.23. The molecule has 0 bridgehead atoms. The Balaban J connectivity index is 2.54. The van der Waals surface area contributed by atoms with Crippen molar-refractivity contribution in [1.82, 2.24) is 4.90 Å². The second-order valence-electron chi connectivity index (χ2n) is 5.61. The highest BCUT2D eigenvalue weighted by Gasteiger charge is 2.27. The minimum absolute atomic E-state index is 0.196. The molecule has 0 aromatic rings. The maximum Gasteiger partial charge on any atom is 0.410 e. The van der Waals surface area contributed by atoms with Crippen LogP contribution in [0.3, 0.4) is 0 Å². The van der Waals surface area contributed by atoms with Crippen LogP contribution >= 0.6 is 0 Å². The number of likely N-dealkylation sites (tertiary alicyclic amines) is 1. The third-order valence-electron chi connectivity index (χ3n) is 2.77. The van der Waals surface area contributed by atoms with Gasteiger partial charge in [-0.05, 0) is 46.5 Å². The van der Waals surface area contributed by atoms with E-state index in [1.807, 2.05) is 27.7 Å². The van der Waals surface area contributed by atoms with Gasteiger partial charge in [0.2, 0.25) is 0 Å². The van der Waals surface area contributed by atoms with Crippen LogP contribution in [0, 0.1) is 5.92 Å². The second kappa shape index (κ2) is 4.89. The van der Waals surface area contributed by atoms with Crippen molar-refractivity contribution in [1.29, 1.82) is 0 Å². The van der Waals surface area contributed by atoms with E-state index in [4.69, 9.17) is 4.74 Å². The first-order valence-electron chi connectivity index (χ1n) is 5.93. The largest absolute Gasteiger partial charge is 0.444 e. The van der Waals surface area contributed by atoms with Crippen molar-refractivity contribution in [3.05, 3.63) is 12.2 Å². The molecule has 1 saturated heterocycles. The first kappa shape index (κ1) is 13.1. The Labute approximate surface area is 98.5 Å². The summed E-state index contributed by atoms with van der Waals surface area (Å²) < 4.78 is 5.36. The molecule has 1 amide bonds. The molecule has 1 atom stereocenters. The lowest BCUT2D eigenvalue weighted by atomic mass is 9.92. The van der Waals surface area contributed by atoms with Crippen molar-refractivity contribution < 1.29 is 9.53 Å². The topological polar surface area (TPSA) is 29.5 Å². The Morgan fingerprint density at radius 2 is 2.06 bits per heavy atom. The van der Waals surface area contributed by atoms with Crippen LogP contribution in [-0.2, 0) is 4.74 Å². The van der Waals surface area contributed by atoms with Gasteiger partial charge in [-0.25, -0.2) is 4.79 Å². The second-order valence-corrected chi connectivity index (χ2v) is 5.61. The molecule has 0 N–H and O–H groups in total. The summed E-state index contributed by atoms with van der Waals surface area (Å²) in [6.07, 6.45) is 1.98. The number of rotatable bonds is 1. The SMILES string of the molecule is C=C(C)C1CCCN(C(=O)OC(C)(C)C)C1. The van der Waals surface area contributed by atoms with Gasteiger partial charge in [-0.3, -0.25) is 0 Å². The van der Waals surface area contributed by atoms with Crippen molar-refractivity contribution in [2.24, 2.45) is 5.92 Å². The fraction of sp³-hybridized carbons (Fsp3) is 0.769. The molecule has 0 spiro atoms. The van der Waals surface area contributed by atoms with Crippen molar-refractivity contribution >= 4 is 6.09 Å². The smallest absolute Gasteiger partial charge is 0.410 e. The van der Waals surface area contributed by atoms with E-state index in [0.29, 0.717) is 5.92 Å². The van der Waals surface area contributed by atoms with Crippen LogP contribution < -0.4 is 0 Å². The lowest BCUT2D eigenvalue weighted by Gasteiger charge is -2.34. The molecule has 0 aliphatic carbocycles. The van der Waals surface area contributed by atoms with Gasteiger partial charge >= 0.3 is 6.09 Å². The van der Waals surface area contributed by atoms with Crippen LogP contribution in [0.4, 0.5) is 4.79 Å². The van der Waals surface area contributed by atoms with Gasteiger partial charge in [0.1, 0.15) is 5.60 Å². The number of carbonyl (C=O) groups is 1. The van der Waals surface area contributed by atoms with Crippen molar-refractivity contribution in [3.63, 3.8) is 0 Å². The molecular formula is C13H23NO2. The van der Waals surface area contributed by atoms with E-state index in [2.05, 4.69) is 6.58 Å². The summed E-state index contributed by atoms with van der Waals surface area (Å²) >= 11 is 0. The molecule has 1 unspecified atom stereocenters. The molecule has 1 fully saturated rings. The van der Waals surface area contributed by atoms with Crippen LogP contribution in [0.1, 0.15) is 40.5 Å². The third-order valence-corrected chi connectivity index (χ3v) is 2.77. The quantitative estimate of drug-likeness (QED) is 0.641. The van der Waals surface area contributed by atoms with E-state index in [1.54, 1.807) is 4.90 Å². The van der Waals surface area contributed by atoms with Gasteiger partial charge in [0.25, 0.3) is 0 Å². The molecule has 1 aliphatic heterocycles. The molecule has 3 nitrogen and oxygen atoms in total. The summed E-state index contributed by atoms with van der Waals surface area (Å²) in [4.78, 5) is 13.7. The molecule has 16 heavy (non-hydrogen) atoms. The predicted octanol–water partition coefficient (Wildman–Crippen LogP) is 3.21. The molecule has 1 heterocycles. The van der Waals surface area contributed by atoms with E-state index in [-0.39, 0.29) is 6.09 Å². The van der Waals surface area contributed by atoms with Gasteiger partial charge in [0.15, 0.2) is 0 Å². The van der Waals surface area contributed by atoms with E-state index >= 15 is 0 Å². The zero-order valence-electron chi connectivity index (χ0n) is 10.9. The van der Waals surface area contributed by atoms with Gasteiger partial charge in [0.05, 0.1) is 0 Å². The molecule has 0 aromatic heterocycles. The summed E-state index contributed by atoms with van der Waals surface area (Å²) in [7, 11) is 0. The van der Waals surface area contributed by atoms with Crippen LogP contribution in [-0.4, -0.2) is 29.7 Å². The number of hydrogen-bond acceptors (Lipinski definition) is 2. The minimum atomic E-state index is -0.409. The zero-order valence-corrected chi connectivity index (χ0v) is 10.9.